The minimum absolute atomic E-state index is 0.0708. The van der Waals surface area contributed by atoms with Crippen LogP contribution in [0.4, 0.5) is 5.69 Å². The molecule has 2 aromatic rings. The zero-order valence-electron chi connectivity index (χ0n) is 14.4. The highest BCUT2D eigenvalue weighted by Gasteiger charge is 2.35. The Morgan fingerprint density at radius 2 is 1.80 bits per heavy atom. The average Bonchev–Trinajstić information content (AvgIpc) is 2.64. The van der Waals surface area contributed by atoms with E-state index in [4.69, 9.17) is 5.73 Å². The molecule has 0 aliphatic carbocycles. The summed E-state index contributed by atoms with van der Waals surface area (Å²) in [5, 5.41) is 0. The molecule has 2 amide bonds. The standard InChI is InChI=1S/C20H23N3O2/c1-15-7-9-17(10-8-15)22-13-18(11-16-5-3-2-4-6-16)23(14-20(22)25)19(24)12-21/h2-10,18H,11-14,21H2,1H3/t18-/m1/s1. The smallest absolute Gasteiger partial charge is 0.246 e. The quantitative estimate of drug-likeness (QED) is 0.924. The fourth-order valence-electron chi connectivity index (χ4n) is 3.22. The molecule has 5 heteroatoms. The van der Waals surface area contributed by atoms with E-state index in [-0.39, 0.29) is 30.9 Å². The second-order valence-electron chi connectivity index (χ2n) is 6.41. The summed E-state index contributed by atoms with van der Waals surface area (Å²) in [6, 6.07) is 17.8. The van der Waals surface area contributed by atoms with Crippen molar-refractivity contribution in [3.8, 4) is 0 Å². The van der Waals surface area contributed by atoms with Crippen LogP contribution in [0.1, 0.15) is 11.1 Å². The van der Waals surface area contributed by atoms with Crippen LogP contribution in [0.2, 0.25) is 0 Å². The Morgan fingerprint density at radius 1 is 1.12 bits per heavy atom. The lowest BCUT2D eigenvalue weighted by atomic mass is 10.0. The van der Waals surface area contributed by atoms with Gasteiger partial charge < -0.3 is 15.5 Å². The summed E-state index contributed by atoms with van der Waals surface area (Å²) in [5.74, 6) is -0.257. The molecular weight excluding hydrogens is 314 g/mol. The van der Waals surface area contributed by atoms with Gasteiger partial charge in [0.05, 0.1) is 12.6 Å². The van der Waals surface area contributed by atoms with Crippen LogP contribution in [-0.2, 0) is 16.0 Å². The van der Waals surface area contributed by atoms with E-state index in [9.17, 15) is 9.59 Å². The zero-order valence-corrected chi connectivity index (χ0v) is 14.4. The van der Waals surface area contributed by atoms with Crippen LogP contribution in [0.3, 0.4) is 0 Å². The minimum Gasteiger partial charge on any atom is -0.327 e. The highest BCUT2D eigenvalue weighted by Crippen LogP contribution is 2.22. The number of hydrogen-bond donors (Lipinski definition) is 1. The van der Waals surface area contributed by atoms with Crippen LogP contribution in [0.5, 0.6) is 0 Å². The Balaban J connectivity index is 1.86. The first kappa shape index (κ1) is 17.2. The van der Waals surface area contributed by atoms with Crippen LogP contribution >= 0.6 is 0 Å². The number of aryl methyl sites for hydroxylation is 1. The van der Waals surface area contributed by atoms with Crippen molar-refractivity contribution >= 4 is 17.5 Å². The van der Waals surface area contributed by atoms with Crippen LogP contribution in [0.25, 0.3) is 0 Å². The Bertz CT molecular complexity index is 743. The molecule has 2 N–H and O–H groups in total. The number of piperazine rings is 1. The van der Waals surface area contributed by atoms with E-state index >= 15 is 0 Å². The van der Waals surface area contributed by atoms with Crippen molar-refractivity contribution in [2.45, 2.75) is 19.4 Å². The van der Waals surface area contributed by atoms with Gasteiger partial charge in [-0.3, -0.25) is 9.59 Å². The summed E-state index contributed by atoms with van der Waals surface area (Å²) in [6.45, 7) is 2.48. The van der Waals surface area contributed by atoms with Crippen LogP contribution in [0, 0.1) is 6.92 Å². The molecule has 0 aromatic heterocycles. The lowest BCUT2D eigenvalue weighted by molar-refractivity contribution is -0.138. The van der Waals surface area contributed by atoms with Gasteiger partial charge in [-0.25, -0.2) is 0 Å². The minimum atomic E-state index is -0.183. The zero-order chi connectivity index (χ0) is 17.8. The van der Waals surface area contributed by atoms with Crippen LogP contribution < -0.4 is 10.6 Å². The molecular formula is C20H23N3O2. The van der Waals surface area contributed by atoms with Gasteiger partial charge in [-0.1, -0.05) is 48.0 Å². The molecule has 130 valence electrons. The lowest BCUT2D eigenvalue weighted by Gasteiger charge is -2.41. The van der Waals surface area contributed by atoms with Crippen molar-refractivity contribution in [1.82, 2.24) is 4.90 Å². The maximum Gasteiger partial charge on any atom is 0.246 e. The molecule has 1 saturated heterocycles. The number of hydrogen-bond acceptors (Lipinski definition) is 3. The van der Waals surface area contributed by atoms with E-state index in [2.05, 4.69) is 0 Å². The number of rotatable bonds is 4. The summed E-state index contributed by atoms with van der Waals surface area (Å²) < 4.78 is 0. The molecule has 1 aliphatic rings. The summed E-state index contributed by atoms with van der Waals surface area (Å²) in [6.07, 6.45) is 0.697. The fourth-order valence-corrected chi connectivity index (χ4v) is 3.22. The van der Waals surface area contributed by atoms with Gasteiger partial charge in [0, 0.05) is 12.2 Å². The largest absolute Gasteiger partial charge is 0.327 e. The molecule has 3 rings (SSSR count). The Kier molecular flexibility index (Phi) is 5.14. The first-order valence-electron chi connectivity index (χ1n) is 8.49. The summed E-state index contributed by atoms with van der Waals surface area (Å²) in [5.41, 5.74) is 8.71. The molecule has 1 atom stereocenters. The third-order valence-electron chi connectivity index (χ3n) is 4.60. The molecule has 0 bridgehead atoms. The molecule has 1 aliphatic heterocycles. The van der Waals surface area contributed by atoms with E-state index in [1.165, 1.54) is 0 Å². The number of nitrogens with zero attached hydrogens (tertiary/aromatic N) is 2. The molecule has 0 spiro atoms. The molecule has 1 heterocycles. The predicted molar refractivity (Wildman–Crippen MR) is 98.2 cm³/mol. The third-order valence-corrected chi connectivity index (χ3v) is 4.60. The molecule has 0 radical (unpaired) electrons. The number of benzene rings is 2. The topological polar surface area (TPSA) is 66.6 Å². The lowest BCUT2D eigenvalue weighted by Crippen LogP contribution is -2.60. The first-order chi connectivity index (χ1) is 12.1. The van der Waals surface area contributed by atoms with Gasteiger partial charge in [-0.05, 0) is 31.0 Å². The molecule has 5 nitrogen and oxygen atoms in total. The molecule has 0 unspecified atom stereocenters. The van der Waals surface area contributed by atoms with Gasteiger partial charge in [0.2, 0.25) is 11.8 Å². The van der Waals surface area contributed by atoms with E-state index < -0.39 is 0 Å². The number of anilines is 1. The molecule has 2 aromatic carbocycles. The van der Waals surface area contributed by atoms with Crippen molar-refractivity contribution in [2.24, 2.45) is 5.73 Å². The Morgan fingerprint density at radius 3 is 2.44 bits per heavy atom. The summed E-state index contributed by atoms with van der Waals surface area (Å²) >= 11 is 0. The van der Waals surface area contributed by atoms with Gasteiger partial charge in [-0.15, -0.1) is 0 Å². The van der Waals surface area contributed by atoms with Gasteiger partial charge in [0.15, 0.2) is 0 Å². The fraction of sp³-hybridized carbons (Fsp3) is 0.300. The second-order valence-corrected chi connectivity index (χ2v) is 6.41. The van der Waals surface area contributed by atoms with Crippen molar-refractivity contribution in [3.63, 3.8) is 0 Å². The number of amides is 2. The maximum atomic E-state index is 12.6. The van der Waals surface area contributed by atoms with E-state index in [1.54, 1.807) is 9.80 Å². The van der Waals surface area contributed by atoms with E-state index in [1.807, 2.05) is 61.5 Å². The van der Waals surface area contributed by atoms with Crippen molar-refractivity contribution in [2.75, 3.05) is 24.5 Å². The first-order valence-corrected chi connectivity index (χ1v) is 8.49. The molecule has 0 saturated carbocycles. The van der Waals surface area contributed by atoms with Gasteiger partial charge in [0.1, 0.15) is 6.54 Å². The SMILES string of the molecule is Cc1ccc(N2C[C@@H](Cc3ccccc3)N(C(=O)CN)CC2=O)cc1. The Labute approximate surface area is 148 Å². The van der Waals surface area contributed by atoms with Gasteiger partial charge in [0.25, 0.3) is 0 Å². The van der Waals surface area contributed by atoms with Crippen molar-refractivity contribution < 1.29 is 9.59 Å². The van der Waals surface area contributed by atoms with Gasteiger partial charge in [-0.2, -0.15) is 0 Å². The van der Waals surface area contributed by atoms with E-state index in [0.29, 0.717) is 13.0 Å². The molecule has 1 fully saturated rings. The summed E-state index contributed by atoms with van der Waals surface area (Å²) in [7, 11) is 0. The third kappa shape index (κ3) is 3.88. The van der Waals surface area contributed by atoms with Crippen molar-refractivity contribution in [1.29, 1.82) is 0 Å². The van der Waals surface area contributed by atoms with Crippen LogP contribution in [0.15, 0.2) is 54.6 Å². The van der Waals surface area contributed by atoms with Gasteiger partial charge >= 0.3 is 0 Å². The van der Waals surface area contributed by atoms with Crippen LogP contribution in [-0.4, -0.2) is 42.4 Å². The maximum absolute atomic E-state index is 12.6. The number of nitrogens with two attached hydrogens (primary N) is 1. The highest BCUT2D eigenvalue weighted by atomic mass is 16.2. The van der Waals surface area contributed by atoms with E-state index in [0.717, 1.165) is 16.8 Å². The van der Waals surface area contributed by atoms with Crippen molar-refractivity contribution in [3.05, 3.63) is 65.7 Å². The average molecular weight is 337 g/mol. The summed E-state index contributed by atoms with van der Waals surface area (Å²) in [4.78, 5) is 28.2. The molecule has 25 heavy (non-hydrogen) atoms. The monoisotopic (exact) mass is 337 g/mol. The highest BCUT2D eigenvalue weighted by molar-refractivity contribution is 5.98. The second kappa shape index (κ2) is 7.49. The normalized spacial score (nSPS) is 17.7. The number of carbonyl (C=O) groups is 2. The predicted octanol–water partition coefficient (Wildman–Crippen LogP) is 1.74. The number of carbonyl (C=O) groups excluding carboxylic acids is 2. The Hall–Kier alpha value is -2.66.